The summed E-state index contributed by atoms with van der Waals surface area (Å²) in [6.07, 6.45) is 0. The molecule has 0 atom stereocenters. The lowest BCUT2D eigenvalue weighted by Gasteiger charge is -1.90. The van der Waals surface area contributed by atoms with Crippen molar-refractivity contribution >= 4 is 11.3 Å². The summed E-state index contributed by atoms with van der Waals surface area (Å²) < 4.78 is 0. The molecule has 9 heavy (non-hydrogen) atoms. The van der Waals surface area contributed by atoms with E-state index in [2.05, 4.69) is 23.6 Å². The number of hydrogen-bond donors (Lipinski definition) is 0. The molecule has 1 heteroatoms. The largest absolute Gasteiger partial charge is 0.144 e. The van der Waals surface area contributed by atoms with Crippen molar-refractivity contribution < 1.29 is 0 Å². The van der Waals surface area contributed by atoms with Crippen molar-refractivity contribution in [3.8, 4) is 10.4 Å². The van der Waals surface area contributed by atoms with Crippen molar-refractivity contribution in [1.29, 1.82) is 0 Å². The number of rotatable bonds is 0. The third kappa shape index (κ3) is 0.736. The molecule has 0 aromatic carbocycles. The topological polar surface area (TPSA) is 0 Å². The van der Waals surface area contributed by atoms with E-state index in [-0.39, 0.29) is 0 Å². The van der Waals surface area contributed by atoms with Gasteiger partial charge in [0.2, 0.25) is 0 Å². The molecule has 0 aromatic heterocycles. The van der Waals surface area contributed by atoms with Crippen LogP contribution in [0.25, 0.3) is 10.4 Å². The maximum Gasteiger partial charge on any atom is 0.0348 e. The van der Waals surface area contributed by atoms with Crippen molar-refractivity contribution in [3.63, 3.8) is 0 Å². The van der Waals surface area contributed by atoms with Gasteiger partial charge in [-0.05, 0) is 23.1 Å². The van der Waals surface area contributed by atoms with E-state index in [1.165, 1.54) is 10.4 Å². The first-order chi connectivity index (χ1) is 4.47. The van der Waals surface area contributed by atoms with Crippen LogP contribution in [0.5, 0.6) is 0 Å². The van der Waals surface area contributed by atoms with E-state index in [1.807, 2.05) is 12.1 Å². The lowest BCUT2D eigenvalue weighted by Crippen LogP contribution is -1.63. The Morgan fingerprint density at radius 2 is 2.33 bits per heavy atom. The summed E-state index contributed by atoms with van der Waals surface area (Å²) in [5, 5.41) is 2.08. The van der Waals surface area contributed by atoms with Crippen LogP contribution in [0.3, 0.4) is 0 Å². The summed E-state index contributed by atoms with van der Waals surface area (Å²) in [7, 11) is 0. The lowest BCUT2D eigenvalue weighted by molar-refractivity contribution is 1.84. The number of fused-ring (bicyclic) bond motifs is 1. The minimum absolute atomic E-state index is 1.22. The van der Waals surface area contributed by atoms with E-state index < -0.39 is 0 Å². The van der Waals surface area contributed by atoms with Gasteiger partial charge >= 0.3 is 0 Å². The van der Waals surface area contributed by atoms with Gasteiger partial charge in [0.25, 0.3) is 0 Å². The molecular formula is C8H5S. The van der Waals surface area contributed by atoms with Gasteiger partial charge in [0.1, 0.15) is 0 Å². The minimum Gasteiger partial charge on any atom is -0.144 e. The molecule has 0 saturated heterocycles. The van der Waals surface area contributed by atoms with Crippen LogP contribution in [-0.2, 0) is 0 Å². The van der Waals surface area contributed by atoms with Crippen molar-refractivity contribution in [1.82, 2.24) is 0 Å². The summed E-state index contributed by atoms with van der Waals surface area (Å²) in [4.78, 5) is 1.32. The third-order valence-electron chi connectivity index (χ3n) is 1.28. The molecule has 0 nitrogen and oxygen atoms in total. The highest BCUT2D eigenvalue weighted by molar-refractivity contribution is 7.13. The first-order valence-electron chi connectivity index (χ1n) is 2.81. The van der Waals surface area contributed by atoms with E-state index in [0.717, 1.165) is 0 Å². The molecule has 0 fully saturated rings. The van der Waals surface area contributed by atoms with Crippen molar-refractivity contribution in [2.45, 2.75) is 0 Å². The van der Waals surface area contributed by atoms with Crippen LogP contribution in [0.2, 0.25) is 0 Å². The summed E-state index contributed by atoms with van der Waals surface area (Å²) in [6.45, 7) is 0. The highest BCUT2D eigenvalue weighted by Gasteiger charge is 1.97. The molecule has 0 aromatic rings. The smallest absolute Gasteiger partial charge is 0.0348 e. The molecule has 43 valence electrons. The molecular weight excluding hydrogens is 128 g/mol. The van der Waals surface area contributed by atoms with Gasteiger partial charge in [0.05, 0.1) is 0 Å². The molecule has 1 aliphatic carbocycles. The fraction of sp³-hybridized carbons (Fsp3) is 0. The van der Waals surface area contributed by atoms with E-state index in [0.29, 0.717) is 0 Å². The van der Waals surface area contributed by atoms with Gasteiger partial charge < -0.3 is 0 Å². The molecule has 0 saturated carbocycles. The van der Waals surface area contributed by atoms with E-state index in [1.54, 1.807) is 11.3 Å². The van der Waals surface area contributed by atoms with Crippen LogP contribution in [0, 0.1) is 6.07 Å². The zero-order valence-corrected chi connectivity index (χ0v) is 5.61. The molecule has 2 aliphatic rings. The first-order valence-corrected chi connectivity index (χ1v) is 3.69. The maximum atomic E-state index is 3.13. The van der Waals surface area contributed by atoms with Gasteiger partial charge in [-0.25, -0.2) is 0 Å². The van der Waals surface area contributed by atoms with E-state index >= 15 is 0 Å². The zero-order valence-electron chi connectivity index (χ0n) is 4.79. The van der Waals surface area contributed by atoms with Gasteiger partial charge in [-0.3, -0.25) is 0 Å². The number of hydrogen-bond acceptors (Lipinski definition) is 1. The second kappa shape index (κ2) is 1.85. The minimum atomic E-state index is 1.22. The van der Waals surface area contributed by atoms with Gasteiger partial charge in [0, 0.05) is 4.88 Å². The first kappa shape index (κ1) is 5.00. The van der Waals surface area contributed by atoms with Gasteiger partial charge in [-0.2, -0.15) is 0 Å². The van der Waals surface area contributed by atoms with Crippen molar-refractivity contribution in [2.75, 3.05) is 0 Å². The standard InChI is InChI=1S/C8H5S/c1-3-7-4-2-6-9-8(7)5-1/h1-2,4-6H. The molecule has 0 amide bonds. The molecule has 2 rings (SSSR count). The molecule has 1 heterocycles. The summed E-state index contributed by atoms with van der Waals surface area (Å²) in [6, 6.07) is 11.3. The van der Waals surface area contributed by atoms with E-state index in [9.17, 15) is 0 Å². The Balaban J connectivity index is 2.79. The Bertz CT molecular complexity index is 245. The van der Waals surface area contributed by atoms with Crippen molar-refractivity contribution in [3.05, 3.63) is 35.7 Å². The summed E-state index contributed by atoms with van der Waals surface area (Å²) in [5.41, 5.74) is 1.22. The average Bonchev–Trinajstić information content (AvgIpc) is 2.33. The third-order valence-corrected chi connectivity index (χ3v) is 2.18. The molecule has 0 N–H and O–H groups in total. The van der Waals surface area contributed by atoms with E-state index in [4.69, 9.17) is 0 Å². The Morgan fingerprint density at radius 3 is 3.22 bits per heavy atom. The average molecular weight is 133 g/mol. The molecule has 0 unspecified atom stereocenters. The highest BCUT2D eigenvalue weighted by Crippen LogP contribution is 2.25. The Labute approximate surface area is 58.1 Å². The van der Waals surface area contributed by atoms with Crippen LogP contribution in [0.1, 0.15) is 0 Å². The lowest BCUT2D eigenvalue weighted by atomic mass is 10.3. The second-order valence-electron chi connectivity index (χ2n) is 1.87. The maximum absolute atomic E-state index is 3.13. The van der Waals surface area contributed by atoms with Gasteiger partial charge in [-0.1, -0.05) is 18.2 Å². The fourth-order valence-corrected chi connectivity index (χ4v) is 1.55. The Kier molecular flexibility index (Phi) is 1.03. The van der Waals surface area contributed by atoms with Crippen LogP contribution in [0.4, 0.5) is 0 Å². The quantitative estimate of drug-likeness (QED) is 0.518. The van der Waals surface area contributed by atoms with Crippen LogP contribution >= 0.6 is 11.3 Å². The molecule has 1 aliphatic heterocycles. The van der Waals surface area contributed by atoms with Crippen LogP contribution in [-0.4, -0.2) is 0 Å². The monoisotopic (exact) mass is 133 g/mol. The van der Waals surface area contributed by atoms with Gasteiger partial charge in [-0.15, -0.1) is 11.3 Å². The van der Waals surface area contributed by atoms with Gasteiger partial charge in [0.15, 0.2) is 0 Å². The fourth-order valence-electron chi connectivity index (χ4n) is 0.849. The predicted octanol–water partition coefficient (Wildman–Crippen LogP) is 2.65. The molecule has 0 spiro atoms. The second-order valence-corrected chi connectivity index (χ2v) is 2.82. The van der Waals surface area contributed by atoms with Crippen molar-refractivity contribution in [2.24, 2.45) is 0 Å². The zero-order chi connectivity index (χ0) is 6.10. The van der Waals surface area contributed by atoms with Crippen LogP contribution in [0.15, 0.2) is 29.6 Å². The summed E-state index contributed by atoms with van der Waals surface area (Å²) >= 11 is 1.75. The molecule has 0 bridgehead atoms. The summed E-state index contributed by atoms with van der Waals surface area (Å²) in [5.74, 6) is 0. The normalized spacial score (nSPS) is 10.2. The predicted molar refractivity (Wildman–Crippen MR) is 39.8 cm³/mol. The Morgan fingerprint density at radius 1 is 1.33 bits per heavy atom. The highest BCUT2D eigenvalue weighted by atomic mass is 32.1. The van der Waals surface area contributed by atoms with Crippen LogP contribution < -0.4 is 0 Å². The Hall–Kier alpha value is -0.820. The molecule has 1 radical (unpaired) electrons. The SMILES string of the molecule is [c]1ccc2scccc1-2.